The van der Waals surface area contributed by atoms with E-state index in [1.54, 1.807) is 6.20 Å². The maximum Gasteiger partial charge on any atom is 0.191 e. The van der Waals surface area contributed by atoms with Crippen molar-refractivity contribution in [2.75, 3.05) is 45.9 Å². The molecule has 0 saturated carbocycles. The Bertz CT molecular complexity index is 465. The summed E-state index contributed by atoms with van der Waals surface area (Å²) >= 11 is 0. The number of nitrogens with zero attached hydrogens (tertiary/aromatic N) is 4. The molecule has 2 rings (SSSR count). The van der Waals surface area contributed by atoms with Gasteiger partial charge in [-0.25, -0.2) is 0 Å². The van der Waals surface area contributed by atoms with Crippen molar-refractivity contribution in [1.82, 2.24) is 25.3 Å². The van der Waals surface area contributed by atoms with E-state index in [9.17, 15) is 0 Å². The molecule has 1 aromatic rings. The second-order valence-corrected chi connectivity index (χ2v) is 6.30. The van der Waals surface area contributed by atoms with Crippen LogP contribution in [0.5, 0.6) is 0 Å². The monoisotopic (exact) mass is 322 g/mol. The third-order valence-corrected chi connectivity index (χ3v) is 4.03. The smallest absolute Gasteiger partial charge is 0.191 e. The van der Waals surface area contributed by atoms with Gasteiger partial charge in [0.05, 0.1) is 26.3 Å². The number of hydrogen-bond acceptors (Lipinski definition) is 4. The summed E-state index contributed by atoms with van der Waals surface area (Å²) in [6.45, 7) is 13.4. The van der Waals surface area contributed by atoms with Gasteiger partial charge in [-0.1, -0.05) is 0 Å². The Morgan fingerprint density at radius 1 is 1.30 bits per heavy atom. The molecule has 1 aliphatic rings. The zero-order valence-electron chi connectivity index (χ0n) is 14.6. The molecule has 0 aliphatic carbocycles. The van der Waals surface area contributed by atoms with Gasteiger partial charge in [0.2, 0.25) is 0 Å². The SMILES string of the molecule is CCNC(=NCC(C)(C)N1CCOCC1)NCCn1cccn1. The van der Waals surface area contributed by atoms with Crippen LogP contribution >= 0.6 is 0 Å². The van der Waals surface area contributed by atoms with E-state index in [1.807, 2.05) is 16.9 Å². The number of aliphatic imine (C=N–C) groups is 1. The number of rotatable bonds is 7. The third-order valence-electron chi connectivity index (χ3n) is 4.03. The average molecular weight is 322 g/mol. The van der Waals surface area contributed by atoms with Gasteiger partial charge in [-0.05, 0) is 26.8 Å². The first-order chi connectivity index (χ1) is 11.1. The highest BCUT2D eigenvalue weighted by atomic mass is 16.5. The Morgan fingerprint density at radius 2 is 2.09 bits per heavy atom. The van der Waals surface area contributed by atoms with Crippen molar-refractivity contribution in [3.05, 3.63) is 18.5 Å². The first-order valence-electron chi connectivity index (χ1n) is 8.44. The molecule has 0 spiro atoms. The minimum atomic E-state index is 0.0358. The molecule has 2 N–H and O–H groups in total. The Hall–Kier alpha value is -1.60. The number of aromatic nitrogens is 2. The van der Waals surface area contributed by atoms with Crippen molar-refractivity contribution < 1.29 is 4.74 Å². The number of guanidine groups is 1. The molecule has 1 fully saturated rings. The van der Waals surface area contributed by atoms with E-state index in [0.29, 0.717) is 0 Å². The van der Waals surface area contributed by atoms with Gasteiger partial charge in [0, 0.05) is 44.1 Å². The van der Waals surface area contributed by atoms with Gasteiger partial charge in [0.1, 0.15) is 0 Å². The van der Waals surface area contributed by atoms with Gasteiger partial charge in [-0.3, -0.25) is 14.6 Å². The van der Waals surface area contributed by atoms with Crippen LogP contribution in [0, 0.1) is 0 Å². The summed E-state index contributed by atoms with van der Waals surface area (Å²) < 4.78 is 7.35. The fraction of sp³-hybridized carbons (Fsp3) is 0.750. The molecule has 0 unspecified atom stereocenters. The zero-order chi connectivity index (χ0) is 16.5. The largest absolute Gasteiger partial charge is 0.379 e. The van der Waals surface area contributed by atoms with E-state index in [-0.39, 0.29) is 5.54 Å². The molecule has 7 heteroatoms. The number of hydrogen-bond donors (Lipinski definition) is 2. The molecule has 1 aromatic heterocycles. The van der Waals surface area contributed by atoms with Crippen molar-refractivity contribution in [3.8, 4) is 0 Å². The predicted molar refractivity (Wildman–Crippen MR) is 92.7 cm³/mol. The number of ether oxygens (including phenoxy) is 1. The maximum atomic E-state index is 5.44. The topological polar surface area (TPSA) is 66.7 Å². The molecule has 0 bridgehead atoms. The lowest BCUT2D eigenvalue weighted by atomic mass is 10.0. The van der Waals surface area contributed by atoms with Crippen LogP contribution in [-0.2, 0) is 11.3 Å². The van der Waals surface area contributed by atoms with Gasteiger partial charge >= 0.3 is 0 Å². The molecule has 0 radical (unpaired) electrons. The van der Waals surface area contributed by atoms with Gasteiger partial charge < -0.3 is 15.4 Å². The summed E-state index contributed by atoms with van der Waals surface area (Å²) in [5.74, 6) is 0.862. The summed E-state index contributed by atoms with van der Waals surface area (Å²) in [6, 6.07) is 1.93. The van der Waals surface area contributed by atoms with E-state index >= 15 is 0 Å². The highest BCUT2D eigenvalue weighted by molar-refractivity contribution is 5.79. The van der Waals surface area contributed by atoms with Crippen molar-refractivity contribution in [2.45, 2.75) is 32.9 Å². The second-order valence-electron chi connectivity index (χ2n) is 6.30. The van der Waals surface area contributed by atoms with Crippen LogP contribution in [0.1, 0.15) is 20.8 Å². The van der Waals surface area contributed by atoms with Crippen molar-refractivity contribution in [3.63, 3.8) is 0 Å². The van der Waals surface area contributed by atoms with E-state index in [2.05, 4.69) is 41.4 Å². The van der Waals surface area contributed by atoms with Crippen LogP contribution in [-0.4, -0.2) is 72.1 Å². The molecule has 2 heterocycles. The van der Waals surface area contributed by atoms with Crippen LogP contribution in [0.3, 0.4) is 0 Å². The quantitative estimate of drug-likeness (QED) is 0.567. The Balaban J connectivity index is 1.83. The van der Waals surface area contributed by atoms with Crippen molar-refractivity contribution >= 4 is 5.96 Å². The fourth-order valence-electron chi connectivity index (χ4n) is 2.60. The van der Waals surface area contributed by atoms with E-state index in [4.69, 9.17) is 9.73 Å². The number of nitrogens with one attached hydrogen (secondary N) is 2. The van der Waals surface area contributed by atoms with E-state index in [1.165, 1.54) is 0 Å². The zero-order valence-corrected chi connectivity index (χ0v) is 14.6. The maximum absolute atomic E-state index is 5.44. The molecule has 23 heavy (non-hydrogen) atoms. The lowest BCUT2D eigenvalue weighted by Crippen LogP contribution is -2.52. The first-order valence-corrected chi connectivity index (χ1v) is 8.44. The van der Waals surface area contributed by atoms with Crippen LogP contribution in [0.25, 0.3) is 0 Å². The summed E-state index contributed by atoms with van der Waals surface area (Å²) in [6.07, 6.45) is 3.76. The lowest BCUT2D eigenvalue weighted by Gasteiger charge is -2.39. The predicted octanol–water partition coefficient (Wildman–Crippen LogP) is 0.549. The Labute approximate surface area is 139 Å². The van der Waals surface area contributed by atoms with Crippen LogP contribution < -0.4 is 10.6 Å². The molecule has 130 valence electrons. The molecule has 0 aromatic carbocycles. The van der Waals surface area contributed by atoms with E-state index in [0.717, 1.165) is 58.4 Å². The second kappa shape index (κ2) is 8.88. The first kappa shape index (κ1) is 17.7. The van der Waals surface area contributed by atoms with Gasteiger partial charge in [0.15, 0.2) is 5.96 Å². The molecular formula is C16H30N6O. The summed E-state index contributed by atoms with van der Waals surface area (Å²) in [5, 5.41) is 10.9. The third kappa shape index (κ3) is 5.84. The fourth-order valence-corrected chi connectivity index (χ4v) is 2.60. The van der Waals surface area contributed by atoms with Crippen LogP contribution in [0.2, 0.25) is 0 Å². The summed E-state index contributed by atoms with van der Waals surface area (Å²) in [5.41, 5.74) is 0.0358. The molecule has 0 atom stereocenters. The summed E-state index contributed by atoms with van der Waals surface area (Å²) in [7, 11) is 0. The Morgan fingerprint density at radius 3 is 2.74 bits per heavy atom. The standard InChI is InChI=1S/C16H30N6O/c1-4-17-15(18-7-9-22-8-5-6-20-22)19-14-16(2,3)21-10-12-23-13-11-21/h5-6,8H,4,7,9-14H2,1-3H3,(H2,17,18,19). The van der Waals surface area contributed by atoms with Crippen LogP contribution in [0.4, 0.5) is 0 Å². The van der Waals surface area contributed by atoms with Crippen molar-refractivity contribution in [1.29, 1.82) is 0 Å². The molecule has 1 aliphatic heterocycles. The van der Waals surface area contributed by atoms with Crippen LogP contribution in [0.15, 0.2) is 23.5 Å². The number of morpholine rings is 1. The highest BCUT2D eigenvalue weighted by Gasteiger charge is 2.27. The normalized spacial score (nSPS) is 17.3. The van der Waals surface area contributed by atoms with Crippen molar-refractivity contribution in [2.24, 2.45) is 4.99 Å². The van der Waals surface area contributed by atoms with Gasteiger partial charge in [-0.2, -0.15) is 5.10 Å². The Kier molecular flexibility index (Phi) is 6.85. The molecule has 0 amide bonds. The lowest BCUT2D eigenvalue weighted by molar-refractivity contribution is -0.00683. The minimum absolute atomic E-state index is 0.0358. The minimum Gasteiger partial charge on any atom is -0.379 e. The van der Waals surface area contributed by atoms with Gasteiger partial charge in [-0.15, -0.1) is 0 Å². The van der Waals surface area contributed by atoms with E-state index < -0.39 is 0 Å². The highest BCUT2D eigenvalue weighted by Crippen LogP contribution is 2.16. The summed E-state index contributed by atoms with van der Waals surface area (Å²) in [4.78, 5) is 7.21. The van der Waals surface area contributed by atoms with Gasteiger partial charge in [0.25, 0.3) is 0 Å². The molecule has 7 nitrogen and oxygen atoms in total. The molecule has 1 saturated heterocycles. The molecular weight excluding hydrogens is 292 g/mol. The average Bonchev–Trinajstić information content (AvgIpc) is 3.07.